The van der Waals surface area contributed by atoms with Gasteiger partial charge < -0.3 is 15.5 Å². The van der Waals surface area contributed by atoms with Gasteiger partial charge in [0.25, 0.3) is 0 Å². The van der Waals surface area contributed by atoms with Gasteiger partial charge in [-0.1, -0.05) is 285 Å². The highest BCUT2D eigenvalue weighted by Gasteiger charge is 2.18. The van der Waals surface area contributed by atoms with E-state index in [4.69, 9.17) is 0 Å². The van der Waals surface area contributed by atoms with E-state index >= 15 is 0 Å². The van der Waals surface area contributed by atoms with E-state index in [0.29, 0.717) is 6.42 Å². The Morgan fingerprint density at radius 3 is 1.06 bits per heavy atom. The molecule has 0 radical (unpaired) electrons. The number of nitrogens with one attached hydrogen (secondary N) is 1. The summed E-state index contributed by atoms with van der Waals surface area (Å²) in [6.45, 7) is 4.20. The van der Waals surface area contributed by atoms with Gasteiger partial charge in [-0.2, -0.15) is 0 Å². The molecule has 0 aliphatic carbocycles. The Bertz CT molecular complexity index is 1180. The third-order valence-electron chi connectivity index (χ3n) is 12.9. The first-order valence-electron chi connectivity index (χ1n) is 28.8. The maximum absolute atomic E-state index is 12.5. The molecule has 0 heterocycles. The summed E-state index contributed by atoms with van der Waals surface area (Å²) in [5, 5.41) is 23.2. The Hall–Kier alpha value is -2.43. The van der Waals surface area contributed by atoms with Crippen molar-refractivity contribution in [2.45, 2.75) is 296 Å². The minimum Gasteiger partial charge on any atom is -0.394 e. The van der Waals surface area contributed by atoms with Crippen molar-refractivity contribution in [3.8, 4) is 0 Å². The van der Waals surface area contributed by atoms with Crippen LogP contribution in [0.5, 0.6) is 0 Å². The number of rotatable bonds is 52. The van der Waals surface area contributed by atoms with Gasteiger partial charge in [-0.3, -0.25) is 4.79 Å². The SMILES string of the molecule is CC/C=C\C/C=C\C/C=C\C/C=C\C/C=C\CCCCCCCCCC(=O)NC(CO)C(O)/C=C/CC/C=C/CCCCCCCCCCCCCCCCCCCCCCCCCCC. The van der Waals surface area contributed by atoms with Crippen molar-refractivity contribution in [2.75, 3.05) is 6.61 Å². The zero-order chi connectivity index (χ0) is 47.7. The molecule has 3 N–H and O–H groups in total. The van der Waals surface area contributed by atoms with Crippen LogP contribution < -0.4 is 5.32 Å². The molecular formula is C62H111NO3. The van der Waals surface area contributed by atoms with E-state index in [9.17, 15) is 15.0 Å². The predicted molar refractivity (Wildman–Crippen MR) is 294 cm³/mol. The minimum absolute atomic E-state index is 0.0858. The molecule has 0 aromatic carbocycles. The van der Waals surface area contributed by atoms with Crippen molar-refractivity contribution in [2.24, 2.45) is 0 Å². The lowest BCUT2D eigenvalue weighted by Gasteiger charge is -2.19. The highest BCUT2D eigenvalue weighted by molar-refractivity contribution is 5.76. The first kappa shape index (κ1) is 63.6. The molecule has 0 saturated carbocycles. The smallest absolute Gasteiger partial charge is 0.220 e. The molecular weight excluding hydrogens is 807 g/mol. The largest absolute Gasteiger partial charge is 0.394 e. The Balaban J connectivity index is 3.56. The van der Waals surface area contributed by atoms with E-state index in [2.05, 4.69) is 92.1 Å². The van der Waals surface area contributed by atoms with Gasteiger partial charge in [-0.15, -0.1) is 0 Å². The van der Waals surface area contributed by atoms with E-state index in [1.165, 1.54) is 186 Å². The Labute approximate surface area is 411 Å². The van der Waals surface area contributed by atoms with Crippen molar-refractivity contribution in [1.82, 2.24) is 5.32 Å². The van der Waals surface area contributed by atoms with Crippen LogP contribution in [-0.4, -0.2) is 34.9 Å². The number of amides is 1. The number of carbonyl (C=O) groups excluding carboxylic acids is 1. The first-order chi connectivity index (χ1) is 32.7. The molecule has 66 heavy (non-hydrogen) atoms. The molecule has 4 heteroatoms. The van der Waals surface area contributed by atoms with Gasteiger partial charge in [0, 0.05) is 6.42 Å². The number of aliphatic hydroxyl groups excluding tert-OH is 2. The number of unbranched alkanes of at least 4 members (excludes halogenated alkanes) is 33. The molecule has 2 atom stereocenters. The number of hydrogen-bond acceptors (Lipinski definition) is 3. The van der Waals surface area contributed by atoms with Crippen LogP contribution >= 0.6 is 0 Å². The lowest BCUT2D eigenvalue weighted by molar-refractivity contribution is -0.123. The van der Waals surface area contributed by atoms with Gasteiger partial charge in [-0.25, -0.2) is 0 Å². The van der Waals surface area contributed by atoms with Crippen molar-refractivity contribution >= 4 is 5.91 Å². The second-order valence-corrected chi connectivity index (χ2v) is 19.3. The van der Waals surface area contributed by atoms with Crippen LogP contribution in [-0.2, 0) is 4.79 Å². The molecule has 0 saturated heterocycles. The van der Waals surface area contributed by atoms with Crippen molar-refractivity contribution < 1.29 is 15.0 Å². The Kier molecular flexibility index (Phi) is 54.8. The standard InChI is InChI=1S/C62H111NO3/c1-3-5-7-9-11-13-15-17-19-21-23-25-27-28-29-30-31-32-33-34-36-37-39-41-43-45-47-49-51-53-55-57-61(65)60(59-64)63-62(66)58-56-54-52-50-48-46-44-42-40-38-35-26-24-22-20-18-16-14-12-10-8-6-4-2/h6,8,12,14,18,20,24,26,38,40,47,49,55,57,60-61,64-65H,3-5,7,9-11,13,15-17,19,21-23,25,27-37,39,41-46,48,50-54,56,58-59H2,1-2H3,(H,63,66)/b8-6-,14-12-,20-18-,26-24-,40-38-,49-47+,57-55+. The Morgan fingerprint density at radius 1 is 0.379 bits per heavy atom. The van der Waals surface area contributed by atoms with Crippen LogP contribution in [0.1, 0.15) is 284 Å². The molecule has 2 unspecified atom stereocenters. The quantitative estimate of drug-likeness (QED) is 0.0421. The van der Waals surface area contributed by atoms with Gasteiger partial charge in [0.05, 0.1) is 18.8 Å². The minimum atomic E-state index is -0.874. The monoisotopic (exact) mass is 918 g/mol. The fraction of sp³-hybridized carbons (Fsp3) is 0.758. The molecule has 0 spiro atoms. The molecule has 1 amide bonds. The second kappa shape index (κ2) is 56.9. The highest BCUT2D eigenvalue weighted by Crippen LogP contribution is 2.17. The molecule has 0 aliphatic rings. The fourth-order valence-electron chi connectivity index (χ4n) is 8.52. The van der Waals surface area contributed by atoms with Crippen LogP contribution in [0, 0.1) is 0 Å². The van der Waals surface area contributed by atoms with E-state index in [-0.39, 0.29) is 12.5 Å². The maximum Gasteiger partial charge on any atom is 0.220 e. The van der Waals surface area contributed by atoms with E-state index in [0.717, 1.165) is 77.0 Å². The van der Waals surface area contributed by atoms with Crippen molar-refractivity contribution in [1.29, 1.82) is 0 Å². The highest BCUT2D eigenvalue weighted by atomic mass is 16.3. The van der Waals surface area contributed by atoms with E-state index in [1.807, 2.05) is 6.08 Å². The molecule has 0 rings (SSSR count). The fourth-order valence-corrected chi connectivity index (χ4v) is 8.52. The molecule has 0 bridgehead atoms. The van der Waals surface area contributed by atoms with Gasteiger partial charge in [0.1, 0.15) is 0 Å². The Morgan fingerprint density at radius 2 is 0.682 bits per heavy atom. The molecule has 0 aliphatic heterocycles. The van der Waals surface area contributed by atoms with Crippen molar-refractivity contribution in [3.05, 3.63) is 85.1 Å². The zero-order valence-electron chi connectivity index (χ0n) is 43.9. The summed E-state index contributed by atoms with van der Waals surface area (Å²) < 4.78 is 0. The second-order valence-electron chi connectivity index (χ2n) is 19.3. The van der Waals surface area contributed by atoms with Crippen LogP contribution in [0.3, 0.4) is 0 Å². The summed E-state index contributed by atoms with van der Waals surface area (Å²) in [6, 6.07) is -0.652. The summed E-state index contributed by atoms with van der Waals surface area (Å²) in [7, 11) is 0. The van der Waals surface area contributed by atoms with Crippen molar-refractivity contribution in [3.63, 3.8) is 0 Å². The predicted octanol–water partition coefficient (Wildman–Crippen LogP) is 19.1. The third-order valence-corrected chi connectivity index (χ3v) is 12.9. The number of aliphatic hydroxyl groups is 2. The van der Waals surface area contributed by atoms with Crippen LogP contribution in [0.4, 0.5) is 0 Å². The van der Waals surface area contributed by atoms with Gasteiger partial charge in [-0.05, 0) is 77.0 Å². The average Bonchev–Trinajstić information content (AvgIpc) is 3.32. The normalized spacial score (nSPS) is 13.5. The summed E-state index contributed by atoms with van der Waals surface area (Å²) >= 11 is 0. The third kappa shape index (κ3) is 52.5. The van der Waals surface area contributed by atoms with Crippen LogP contribution in [0.15, 0.2) is 85.1 Å². The number of carbonyl (C=O) groups is 1. The summed E-state index contributed by atoms with van der Waals surface area (Å²) in [5.41, 5.74) is 0. The molecule has 0 aromatic heterocycles. The van der Waals surface area contributed by atoms with Crippen LogP contribution in [0.2, 0.25) is 0 Å². The zero-order valence-corrected chi connectivity index (χ0v) is 43.9. The van der Waals surface area contributed by atoms with Gasteiger partial charge >= 0.3 is 0 Å². The summed E-state index contributed by atoms with van der Waals surface area (Å²) in [4.78, 5) is 12.5. The number of hydrogen-bond donors (Lipinski definition) is 3. The maximum atomic E-state index is 12.5. The summed E-state index contributed by atoms with van der Waals surface area (Å²) in [6.07, 6.45) is 83.3. The van der Waals surface area contributed by atoms with Gasteiger partial charge in [0.2, 0.25) is 5.91 Å². The van der Waals surface area contributed by atoms with E-state index < -0.39 is 12.1 Å². The molecule has 0 fully saturated rings. The topological polar surface area (TPSA) is 69.6 Å². The molecule has 0 aromatic rings. The van der Waals surface area contributed by atoms with Crippen LogP contribution in [0.25, 0.3) is 0 Å². The lowest BCUT2D eigenvalue weighted by Crippen LogP contribution is -2.45. The lowest BCUT2D eigenvalue weighted by atomic mass is 10.0. The van der Waals surface area contributed by atoms with Gasteiger partial charge in [0.15, 0.2) is 0 Å². The van der Waals surface area contributed by atoms with E-state index in [1.54, 1.807) is 6.08 Å². The molecule has 4 nitrogen and oxygen atoms in total. The average molecular weight is 919 g/mol. The summed E-state index contributed by atoms with van der Waals surface area (Å²) in [5.74, 6) is -0.0858. The number of allylic oxidation sites excluding steroid dienone is 13. The first-order valence-corrected chi connectivity index (χ1v) is 28.8. The molecule has 382 valence electrons.